The van der Waals surface area contributed by atoms with Crippen molar-refractivity contribution in [2.24, 2.45) is 0 Å². The normalized spacial score (nSPS) is 19.6. The topological polar surface area (TPSA) is 49.3 Å². The highest BCUT2D eigenvalue weighted by Gasteiger charge is 2.25. The summed E-state index contributed by atoms with van der Waals surface area (Å²) in [6.07, 6.45) is 5.62. The summed E-state index contributed by atoms with van der Waals surface area (Å²) in [5.74, 6) is -0.0278. The first-order valence-corrected chi connectivity index (χ1v) is 6.98. The summed E-state index contributed by atoms with van der Waals surface area (Å²) in [6.45, 7) is 6.43. The molecule has 0 saturated carbocycles. The zero-order valence-corrected chi connectivity index (χ0v) is 12.0. The minimum Gasteiger partial charge on any atom is -0.338 e. The molecular formula is C14H22N4O. The highest BCUT2D eigenvalue weighted by atomic mass is 16.2. The van der Waals surface area contributed by atoms with Gasteiger partial charge in [-0.25, -0.2) is 4.98 Å². The maximum Gasteiger partial charge on any atom is 0.274 e. The number of carbonyl (C=O) groups is 1. The molecule has 0 unspecified atom stereocenters. The zero-order valence-electron chi connectivity index (χ0n) is 12.0. The van der Waals surface area contributed by atoms with Gasteiger partial charge in [0.1, 0.15) is 5.69 Å². The molecule has 1 atom stereocenters. The van der Waals surface area contributed by atoms with Crippen molar-refractivity contribution in [1.29, 1.82) is 0 Å². The maximum absolute atomic E-state index is 12.3. The van der Waals surface area contributed by atoms with Gasteiger partial charge in [0, 0.05) is 13.1 Å². The number of likely N-dealkylation sites (tertiary alicyclic amines) is 1. The van der Waals surface area contributed by atoms with E-state index in [1.807, 2.05) is 13.8 Å². The fraction of sp³-hybridized carbons (Fsp3) is 0.643. The summed E-state index contributed by atoms with van der Waals surface area (Å²) in [6, 6.07) is 0.303. The third kappa shape index (κ3) is 2.92. The van der Waals surface area contributed by atoms with E-state index >= 15 is 0 Å². The van der Waals surface area contributed by atoms with Crippen LogP contribution in [-0.4, -0.2) is 52.4 Å². The van der Waals surface area contributed by atoms with E-state index in [9.17, 15) is 4.79 Å². The first-order chi connectivity index (χ1) is 9.17. The molecule has 0 aromatic carbocycles. The molecule has 2 rings (SSSR count). The van der Waals surface area contributed by atoms with Gasteiger partial charge >= 0.3 is 0 Å². The number of amides is 1. The largest absolute Gasteiger partial charge is 0.338 e. The minimum absolute atomic E-state index is 0.0278. The van der Waals surface area contributed by atoms with Gasteiger partial charge in [0.05, 0.1) is 24.1 Å². The Morgan fingerprint density at radius 3 is 2.74 bits per heavy atom. The molecule has 5 nitrogen and oxygen atoms in total. The van der Waals surface area contributed by atoms with Crippen molar-refractivity contribution in [3.8, 4) is 0 Å². The van der Waals surface area contributed by atoms with E-state index in [0.29, 0.717) is 24.8 Å². The van der Waals surface area contributed by atoms with Crippen molar-refractivity contribution in [3.63, 3.8) is 0 Å². The van der Waals surface area contributed by atoms with Crippen LogP contribution in [0.25, 0.3) is 0 Å². The summed E-state index contributed by atoms with van der Waals surface area (Å²) in [4.78, 5) is 25.0. The SMILES string of the molecule is CCN(CC)C(=O)c1cncc([C@@H]2CCCN2C)n1. The van der Waals surface area contributed by atoms with E-state index in [-0.39, 0.29) is 5.91 Å². The Labute approximate surface area is 114 Å². The van der Waals surface area contributed by atoms with Gasteiger partial charge in [0.25, 0.3) is 5.91 Å². The third-order valence-electron chi connectivity index (χ3n) is 3.78. The molecule has 1 aliphatic heterocycles. The molecule has 1 saturated heterocycles. The van der Waals surface area contributed by atoms with Gasteiger partial charge < -0.3 is 4.90 Å². The Bertz CT molecular complexity index is 445. The Hall–Kier alpha value is -1.49. The van der Waals surface area contributed by atoms with Crippen LogP contribution in [0.15, 0.2) is 12.4 Å². The molecule has 5 heteroatoms. The van der Waals surface area contributed by atoms with Crippen molar-refractivity contribution in [3.05, 3.63) is 23.8 Å². The molecule has 104 valence electrons. The quantitative estimate of drug-likeness (QED) is 0.829. The van der Waals surface area contributed by atoms with Crippen LogP contribution in [0.4, 0.5) is 0 Å². The summed E-state index contributed by atoms with van der Waals surface area (Å²) < 4.78 is 0. The van der Waals surface area contributed by atoms with Crippen molar-refractivity contribution in [2.45, 2.75) is 32.7 Å². The molecular weight excluding hydrogens is 240 g/mol. The van der Waals surface area contributed by atoms with Gasteiger partial charge in [-0.3, -0.25) is 14.7 Å². The number of hydrogen-bond acceptors (Lipinski definition) is 4. The van der Waals surface area contributed by atoms with Crippen molar-refractivity contribution in [1.82, 2.24) is 19.8 Å². The molecule has 19 heavy (non-hydrogen) atoms. The van der Waals surface area contributed by atoms with Gasteiger partial charge in [-0.15, -0.1) is 0 Å². The molecule has 0 spiro atoms. The summed E-state index contributed by atoms with van der Waals surface area (Å²) in [7, 11) is 2.10. The van der Waals surface area contributed by atoms with Crippen LogP contribution in [0.3, 0.4) is 0 Å². The highest BCUT2D eigenvalue weighted by Crippen LogP contribution is 2.28. The maximum atomic E-state index is 12.3. The van der Waals surface area contributed by atoms with Gasteiger partial charge in [-0.2, -0.15) is 0 Å². The minimum atomic E-state index is -0.0278. The molecule has 0 radical (unpaired) electrons. The second kappa shape index (κ2) is 6.10. The lowest BCUT2D eigenvalue weighted by Gasteiger charge is -2.21. The van der Waals surface area contributed by atoms with Crippen LogP contribution in [0.5, 0.6) is 0 Å². The van der Waals surface area contributed by atoms with Crippen LogP contribution in [0, 0.1) is 0 Å². The van der Waals surface area contributed by atoms with E-state index in [1.54, 1.807) is 17.3 Å². The number of nitrogens with zero attached hydrogens (tertiary/aromatic N) is 4. The molecule has 0 bridgehead atoms. The fourth-order valence-corrected chi connectivity index (χ4v) is 2.60. The van der Waals surface area contributed by atoms with E-state index in [2.05, 4.69) is 21.9 Å². The first kappa shape index (κ1) is 13.9. The monoisotopic (exact) mass is 262 g/mol. The van der Waals surface area contributed by atoms with Gasteiger partial charge in [0.15, 0.2) is 0 Å². The lowest BCUT2D eigenvalue weighted by molar-refractivity contribution is 0.0766. The number of hydrogen-bond donors (Lipinski definition) is 0. The van der Waals surface area contributed by atoms with Crippen molar-refractivity contribution >= 4 is 5.91 Å². The summed E-state index contributed by atoms with van der Waals surface area (Å²) in [5.41, 5.74) is 1.37. The van der Waals surface area contributed by atoms with Gasteiger partial charge in [-0.1, -0.05) is 0 Å². The van der Waals surface area contributed by atoms with Crippen molar-refractivity contribution in [2.75, 3.05) is 26.7 Å². The average molecular weight is 262 g/mol. The summed E-state index contributed by atoms with van der Waals surface area (Å²) in [5, 5.41) is 0. The Morgan fingerprint density at radius 2 is 2.16 bits per heavy atom. The van der Waals surface area contributed by atoms with Crippen LogP contribution in [-0.2, 0) is 0 Å². The van der Waals surface area contributed by atoms with Gasteiger partial charge in [-0.05, 0) is 40.3 Å². The Kier molecular flexibility index (Phi) is 4.47. The lowest BCUT2D eigenvalue weighted by Crippen LogP contribution is -2.31. The number of rotatable bonds is 4. The second-order valence-corrected chi connectivity index (χ2v) is 4.95. The smallest absolute Gasteiger partial charge is 0.274 e. The highest BCUT2D eigenvalue weighted by molar-refractivity contribution is 5.92. The molecule has 1 aromatic rings. The van der Waals surface area contributed by atoms with E-state index in [4.69, 9.17) is 0 Å². The van der Waals surface area contributed by atoms with E-state index < -0.39 is 0 Å². The average Bonchev–Trinajstić information content (AvgIpc) is 2.86. The molecule has 0 aliphatic carbocycles. The fourth-order valence-electron chi connectivity index (χ4n) is 2.60. The molecule has 1 amide bonds. The Morgan fingerprint density at radius 1 is 1.42 bits per heavy atom. The van der Waals surface area contributed by atoms with E-state index in [0.717, 1.165) is 18.7 Å². The Balaban J connectivity index is 2.21. The van der Waals surface area contributed by atoms with Crippen molar-refractivity contribution < 1.29 is 4.79 Å². The van der Waals surface area contributed by atoms with Crippen LogP contribution in [0.2, 0.25) is 0 Å². The predicted octanol–water partition coefficient (Wildman–Crippen LogP) is 1.73. The molecule has 0 N–H and O–H groups in total. The number of aromatic nitrogens is 2. The van der Waals surface area contributed by atoms with E-state index in [1.165, 1.54) is 6.42 Å². The third-order valence-corrected chi connectivity index (χ3v) is 3.78. The zero-order chi connectivity index (χ0) is 13.8. The first-order valence-electron chi connectivity index (χ1n) is 6.98. The number of carbonyl (C=O) groups excluding carboxylic acids is 1. The van der Waals surface area contributed by atoms with Crippen LogP contribution in [0.1, 0.15) is 48.9 Å². The van der Waals surface area contributed by atoms with Crippen LogP contribution < -0.4 is 0 Å². The molecule has 1 aromatic heterocycles. The van der Waals surface area contributed by atoms with Crippen LogP contribution >= 0.6 is 0 Å². The molecule has 2 heterocycles. The molecule has 1 aliphatic rings. The predicted molar refractivity (Wildman–Crippen MR) is 73.9 cm³/mol. The standard InChI is InChI=1S/C14H22N4O/c1-4-18(5-2)14(19)12-10-15-9-11(16-12)13-7-6-8-17(13)3/h9-10,13H,4-8H2,1-3H3/t13-/m0/s1. The second-order valence-electron chi connectivity index (χ2n) is 4.95. The van der Waals surface area contributed by atoms with Gasteiger partial charge in [0.2, 0.25) is 0 Å². The lowest BCUT2D eigenvalue weighted by atomic mass is 10.1. The molecule has 1 fully saturated rings. The summed E-state index contributed by atoms with van der Waals surface area (Å²) >= 11 is 0.